The molecule has 0 fully saturated rings. The van der Waals surface area contributed by atoms with Crippen LogP contribution in [0.25, 0.3) is 0 Å². The first-order valence-electron chi connectivity index (χ1n) is 9.63. The molecule has 0 aromatic heterocycles. The number of hydrogen-bond acceptors (Lipinski definition) is 4. The topological polar surface area (TPSA) is 85.5 Å². The number of nitrogens with zero attached hydrogens (tertiary/aromatic N) is 1. The highest BCUT2D eigenvalue weighted by Gasteiger charge is 2.23. The van der Waals surface area contributed by atoms with E-state index in [4.69, 9.17) is 11.6 Å². The number of anilines is 3. The summed E-state index contributed by atoms with van der Waals surface area (Å²) in [6.45, 7) is 0. The maximum absolute atomic E-state index is 13.0. The minimum atomic E-state index is -0.881. The number of hydrogen-bond donors (Lipinski definition) is 4. The molecule has 3 amide bonds. The minimum absolute atomic E-state index is 0.356. The highest BCUT2D eigenvalue weighted by atomic mass is 35.5. The summed E-state index contributed by atoms with van der Waals surface area (Å²) >= 11 is 5.88. The lowest BCUT2D eigenvalue weighted by Gasteiger charge is -2.20. The van der Waals surface area contributed by atoms with Crippen LogP contribution in [0.15, 0.2) is 78.9 Å². The first-order chi connectivity index (χ1) is 14.9. The zero-order valence-corrected chi connectivity index (χ0v) is 18.0. The number of halogens is 1. The predicted molar refractivity (Wildman–Crippen MR) is 125 cm³/mol. The molecule has 160 valence electrons. The third kappa shape index (κ3) is 6.74. The van der Waals surface area contributed by atoms with Gasteiger partial charge in [0.25, 0.3) is 5.91 Å². The van der Waals surface area contributed by atoms with Crippen molar-refractivity contribution in [3.8, 4) is 0 Å². The van der Waals surface area contributed by atoms with Crippen LogP contribution in [0.5, 0.6) is 0 Å². The monoisotopic (exact) mass is 437 g/mol. The van der Waals surface area contributed by atoms with Crippen LogP contribution in [0.1, 0.15) is 11.6 Å². The number of amides is 3. The van der Waals surface area contributed by atoms with Crippen LogP contribution in [0, 0.1) is 0 Å². The molecule has 7 nitrogen and oxygen atoms in total. The van der Waals surface area contributed by atoms with Crippen molar-refractivity contribution >= 4 is 40.6 Å². The van der Waals surface area contributed by atoms with Crippen LogP contribution in [-0.2, 0) is 4.79 Å². The molecule has 0 saturated carbocycles. The Bertz CT molecular complexity index is 1010. The summed E-state index contributed by atoms with van der Waals surface area (Å²) in [5.41, 5.74) is 5.88. The fourth-order valence-electron chi connectivity index (χ4n) is 2.88. The lowest BCUT2D eigenvalue weighted by Crippen LogP contribution is -2.39. The summed E-state index contributed by atoms with van der Waals surface area (Å²) in [6.07, 6.45) is 0. The summed E-state index contributed by atoms with van der Waals surface area (Å²) in [5.74, 6) is -0.356. The van der Waals surface area contributed by atoms with Gasteiger partial charge in [0.15, 0.2) is 0 Å². The van der Waals surface area contributed by atoms with Gasteiger partial charge in [-0.05, 0) is 54.1 Å². The Hall–Kier alpha value is -3.55. The molecule has 8 heteroatoms. The average Bonchev–Trinajstić information content (AvgIpc) is 2.75. The summed E-state index contributed by atoms with van der Waals surface area (Å²) in [7, 11) is 3.78. The molecule has 1 unspecified atom stereocenters. The highest BCUT2D eigenvalue weighted by molar-refractivity contribution is 6.30. The van der Waals surface area contributed by atoms with Crippen LogP contribution >= 0.6 is 11.6 Å². The Morgan fingerprint density at radius 3 is 1.94 bits per heavy atom. The fraction of sp³-hybridized carbons (Fsp3) is 0.130. The molecule has 3 aromatic carbocycles. The van der Waals surface area contributed by atoms with Gasteiger partial charge in [0.1, 0.15) is 6.04 Å². The van der Waals surface area contributed by atoms with Gasteiger partial charge in [-0.2, -0.15) is 0 Å². The molecule has 0 aliphatic carbocycles. The second kappa shape index (κ2) is 10.5. The van der Waals surface area contributed by atoms with E-state index in [1.807, 2.05) is 49.4 Å². The summed E-state index contributed by atoms with van der Waals surface area (Å²) < 4.78 is 0. The van der Waals surface area contributed by atoms with Crippen LogP contribution in [-0.4, -0.2) is 31.0 Å². The molecule has 1 atom stereocenters. The molecule has 0 aliphatic heterocycles. The van der Waals surface area contributed by atoms with Crippen LogP contribution in [0.4, 0.5) is 21.9 Å². The summed E-state index contributed by atoms with van der Waals surface area (Å²) in [6, 6.07) is 21.7. The van der Waals surface area contributed by atoms with E-state index in [1.165, 1.54) is 0 Å². The summed E-state index contributed by atoms with van der Waals surface area (Å²) in [4.78, 5) is 25.6. The van der Waals surface area contributed by atoms with Crippen molar-refractivity contribution in [2.24, 2.45) is 0 Å². The Kier molecular flexibility index (Phi) is 7.48. The van der Waals surface area contributed by atoms with Crippen molar-refractivity contribution in [1.29, 1.82) is 0 Å². The second-order valence-corrected chi connectivity index (χ2v) is 7.46. The predicted octanol–water partition coefficient (Wildman–Crippen LogP) is 4.73. The van der Waals surface area contributed by atoms with E-state index >= 15 is 0 Å². The molecule has 0 bridgehead atoms. The van der Waals surface area contributed by atoms with E-state index in [0.29, 0.717) is 22.0 Å². The van der Waals surface area contributed by atoms with E-state index < -0.39 is 12.1 Å². The molecule has 0 heterocycles. The van der Waals surface area contributed by atoms with Crippen molar-refractivity contribution in [3.05, 3.63) is 89.4 Å². The number of rotatable bonds is 7. The lowest BCUT2D eigenvalue weighted by molar-refractivity contribution is -0.118. The van der Waals surface area contributed by atoms with Crippen molar-refractivity contribution < 1.29 is 9.59 Å². The van der Waals surface area contributed by atoms with E-state index in [9.17, 15) is 9.59 Å². The second-order valence-electron chi connectivity index (χ2n) is 7.02. The third-order valence-electron chi connectivity index (χ3n) is 4.28. The Morgan fingerprint density at radius 2 is 1.32 bits per heavy atom. The molecule has 31 heavy (non-hydrogen) atoms. The molecule has 0 aliphatic rings. The molecule has 0 saturated heterocycles. The number of nitrogens with one attached hydrogen (secondary N) is 4. The van der Waals surface area contributed by atoms with Crippen molar-refractivity contribution in [2.75, 3.05) is 30.2 Å². The third-order valence-corrected chi connectivity index (χ3v) is 4.53. The highest BCUT2D eigenvalue weighted by Crippen LogP contribution is 2.19. The molecule has 0 spiro atoms. The number of carbonyl (C=O) groups excluding carboxylic acids is 2. The molecular formula is C23H24ClN5O2. The maximum atomic E-state index is 13.0. The van der Waals surface area contributed by atoms with E-state index in [1.54, 1.807) is 48.5 Å². The van der Waals surface area contributed by atoms with E-state index in [2.05, 4.69) is 21.4 Å². The van der Waals surface area contributed by atoms with Crippen molar-refractivity contribution in [3.63, 3.8) is 0 Å². The van der Waals surface area contributed by atoms with Gasteiger partial charge in [-0.3, -0.25) is 4.79 Å². The molecular weight excluding hydrogens is 414 g/mol. The smallest absolute Gasteiger partial charge is 0.320 e. The Morgan fingerprint density at radius 1 is 0.774 bits per heavy atom. The van der Waals surface area contributed by atoms with Gasteiger partial charge < -0.3 is 21.4 Å². The quantitative estimate of drug-likeness (QED) is 0.402. The SMILES string of the molecule is CN(C)Nc1ccc(NC(=O)C(NC(=O)Nc2ccc(Cl)cc2)c2ccccc2)cc1. The fourth-order valence-corrected chi connectivity index (χ4v) is 3.00. The largest absolute Gasteiger partial charge is 0.324 e. The van der Waals surface area contributed by atoms with Crippen LogP contribution < -0.4 is 21.4 Å². The average molecular weight is 438 g/mol. The lowest BCUT2D eigenvalue weighted by atomic mass is 10.1. The van der Waals surface area contributed by atoms with Crippen molar-refractivity contribution in [2.45, 2.75) is 6.04 Å². The van der Waals surface area contributed by atoms with Gasteiger partial charge in [0, 0.05) is 36.2 Å². The van der Waals surface area contributed by atoms with Gasteiger partial charge in [0.05, 0.1) is 0 Å². The number of urea groups is 1. The number of hydrazine groups is 1. The summed E-state index contributed by atoms with van der Waals surface area (Å²) in [5, 5.41) is 10.7. The van der Waals surface area contributed by atoms with Crippen LogP contribution in [0.2, 0.25) is 5.02 Å². The van der Waals surface area contributed by atoms with Gasteiger partial charge in [-0.25, -0.2) is 9.80 Å². The van der Waals surface area contributed by atoms with Gasteiger partial charge >= 0.3 is 6.03 Å². The van der Waals surface area contributed by atoms with E-state index in [0.717, 1.165) is 5.69 Å². The Labute approximate surface area is 186 Å². The zero-order chi connectivity index (χ0) is 22.2. The zero-order valence-electron chi connectivity index (χ0n) is 17.2. The first-order valence-corrected chi connectivity index (χ1v) is 10.0. The van der Waals surface area contributed by atoms with Gasteiger partial charge in [0.2, 0.25) is 0 Å². The number of benzene rings is 3. The maximum Gasteiger partial charge on any atom is 0.320 e. The van der Waals surface area contributed by atoms with Crippen LogP contribution in [0.3, 0.4) is 0 Å². The van der Waals surface area contributed by atoms with Gasteiger partial charge in [-0.1, -0.05) is 41.9 Å². The Balaban J connectivity index is 1.71. The van der Waals surface area contributed by atoms with Crippen molar-refractivity contribution in [1.82, 2.24) is 10.3 Å². The van der Waals surface area contributed by atoms with Gasteiger partial charge in [-0.15, -0.1) is 0 Å². The molecule has 4 N–H and O–H groups in total. The number of carbonyl (C=O) groups is 2. The molecule has 3 aromatic rings. The van der Waals surface area contributed by atoms with E-state index in [-0.39, 0.29) is 5.91 Å². The standard InChI is InChI=1S/C23H24ClN5O2/c1-29(2)28-20-14-12-18(13-15-20)25-22(30)21(16-6-4-3-5-7-16)27-23(31)26-19-10-8-17(24)9-11-19/h3-15,21,28H,1-2H3,(H,25,30)(H2,26,27,31). The molecule has 3 rings (SSSR count). The normalized spacial score (nSPS) is 11.5. The minimum Gasteiger partial charge on any atom is -0.324 e. The molecule has 0 radical (unpaired) electrons. The first kappa shape index (κ1) is 22.1.